The molecule has 1 aliphatic heterocycles. The fraction of sp³-hybridized carbons (Fsp3) is 0.938. The summed E-state index contributed by atoms with van der Waals surface area (Å²) >= 11 is 0. The van der Waals surface area contributed by atoms with Gasteiger partial charge in [-0.2, -0.15) is 0 Å². The molecule has 0 radical (unpaired) electrons. The number of hydrogen-bond donors (Lipinski definition) is 2. The van der Waals surface area contributed by atoms with Gasteiger partial charge in [-0.05, 0) is 40.3 Å². The Balaban J connectivity index is 2.07. The van der Waals surface area contributed by atoms with Crippen molar-refractivity contribution in [3.63, 3.8) is 0 Å². The Morgan fingerprint density at radius 1 is 1.14 bits per heavy atom. The normalized spacial score (nSPS) is 18.5. The van der Waals surface area contributed by atoms with Crippen LogP contribution < -0.4 is 10.6 Å². The Morgan fingerprint density at radius 2 is 1.82 bits per heavy atom. The number of piperazine rings is 1. The van der Waals surface area contributed by atoms with Crippen molar-refractivity contribution in [3.8, 4) is 0 Å². The Hall–Kier alpha value is -0.850. The van der Waals surface area contributed by atoms with Crippen LogP contribution in [0, 0.1) is 0 Å². The van der Waals surface area contributed by atoms with Crippen molar-refractivity contribution >= 4 is 5.96 Å². The van der Waals surface area contributed by atoms with Crippen molar-refractivity contribution < 1.29 is 4.74 Å². The molecule has 1 saturated heterocycles. The second-order valence-electron chi connectivity index (χ2n) is 6.67. The average molecular weight is 313 g/mol. The second-order valence-corrected chi connectivity index (χ2v) is 6.67. The number of likely N-dealkylation sites (N-methyl/N-ethyl adjacent to an activating group) is 1. The fourth-order valence-corrected chi connectivity index (χ4v) is 2.33. The minimum Gasteiger partial charge on any atom is -0.377 e. The molecule has 1 rings (SSSR count). The van der Waals surface area contributed by atoms with Crippen molar-refractivity contribution in [1.29, 1.82) is 0 Å². The quantitative estimate of drug-likeness (QED) is 0.390. The van der Waals surface area contributed by atoms with Gasteiger partial charge in [-0.25, -0.2) is 0 Å². The lowest BCUT2D eigenvalue weighted by atomic mass is 10.1. The lowest BCUT2D eigenvalue weighted by molar-refractivity contribution is 0.0268. The maximum atomic E-state index is 5.40. The zero-order valence-corrected chi connectivity index (χ0v) is 15.1. The van der Waals surface area contributed by atoms with Gasteiger partial charge in [0, 0.05) is 53.4 Å². The van der Waals surface area contributed by atoms with Crippen LogP contribution in [0.2, 0.25) is 0 Å². The fourth-order valence-electron chi connectivity index (χ4n) is 2.33. The molecule has 6 nitrogen and oxygen atoms in total. The van der Waals surface area contributed by atoms with Crippen LogP contribution in [0.5, 0.6) is 0 Å². The Bertz CT molecular complexity index is 324. The zero-order valence-electron chi connectivity index (χ0n) is 15.1. The van der Waals surface area contributed by atoms with Gasteiger partial charge in [-0.1, -0.05) is 0 Å². The van der Waals surface area contributed by atoms with Gasteiger partial charge in [0.2, 0.25) is 0 Å². The molecule has 0 aromatic carbocycles. The summed E-state index contributed by atoms with van der Waals surface area (Å²) in [7, 11) is 5.74. The molecule has 0 aliphatic carbocycles. The summed E-state index contributed by atoms with van der Waals surface area (Å²) in [4.78, 5) is 9.21. The predicted molar refractivity (Wildman–Crippen MR) is 93.6 cm³/mol. The van der Waals surface area contributed by atoms with Gasteiger partial charge >= 0.3 is 0 Å². The Kier molecular flexibility index (Phi) is 8.75. The van der Waals surface area contributed by atoms with Gasteiger partial charge in [0.1, 0.15) is 0 Å². The minimum absolute atomic E-state index is 0.182. The first-order valence-corrected chi connectivity index (χ1v) is 8.37. The number of hydrogen-bond acceptors (Lipinski definition) is 4. The molecule has 0 unspecified atom stereocenters. The third kappa shape index (κ3) is 7.96. The first kappa shape index (κ1) is 19.2. The number of nitrogens with one attached hydrogen (secondary N) is 2. The smallest absolute Gasteiger partial charge is 0.191 e. The summed E-state index contributed by atoms with van der Waals surface area (Å²) < 4.78 is 5.40. The van der Waals surface area contributed by atoms with E-state index in [0.717, 1.165) is 19.0 Å². The highest BCUT2D eigenvalue weighted by molar-refractivity contribution is 5.79. The van der Waals surface area contributed by atoms with Gasteiger partial charge < -0.3 is 25.2 Å². The van der Waals surface area contributed by atoms with Crippen molar-refractivity contribution in [3.05, 3.63) is 0 Å². The minimum atomic E-state index is -0.182. The summed E-state index contributed by atoms with van der Waals surface area (Å²) in [5, 5.41) is 6.67. The molecule has 1 aliphatic rings. The molecule has 0 amide bonds. The molecule has 1 fully saturated rings. The molecule has 0 spiro atoms. The van der Waals surface area contributed by atoms with E-state index >= 15 is 0 Å². The molecule has 0 saturated carbocycles. The Labute approximate surface area is 136 Å². The summed E-state index contributed by atoms with van der Waals surface area (Å²) in [6.07, 6.45) is 2.40. The largest absolute Gasteiger partial charge is 0.377 e. The number of rotatable bonds is 8. The van der Waals surface area contributed by atoms with E-state index in [1.165, 1.54) is 45.6 Å². The number of unbranched alkanes of at least 4 members (excludes halogenated alkanes) is 1. The average Bonchev–Trinajstić information content (AvgIpc) is 2.51. The molecule has 0 aromatic rings. The van der Waals surface area contributed by atoms with Gasteiger partial charge in [-0.15, -0.1) is 0 Å². The van der Waals surface area contributed by atoms with E-state index in [9.17, 15) is 0 Å². The van der Waals surface area contributed by atoms with Gasteiger partial charge in [0.05, 0.1) is 5.60 Å². The highest BCUT2D eigenvalue weighted by Gasteiger charge is 2.16. The van der Waals surface area contributed by atoms with Crippen molar-refractivity contribution in [2.45, 2.75) is 32.3 Å². The summed E-state index contributed by atoms with van der Waals surface area (Å²) in [6, 6.07) is 0. The van der Waals surface area contributed by atoms with E-state index in [1.54, 1.807) is 14.2 Å². The molecule has 2 N–H and O–H groups in total. The number of methoxy groups -OCH3 is 1. The molecule has 0 atom stereocenters. The molecule has 0 bridgehead atoms. The number of ether oxygens (including phenoxy) is 1. The van der Waals surface area contributed by atoms with E-state index in [0.29, 0.717) is 0 Å². The van der Waals surface area contributed by atoms with E-state index in [2.05, 4.69) is 46.3 Å². The first-order valence-electron chi connectivity index (χ1n) is 8.37. The van der Waals surface area contributed by atoms with Crippen LogP contribution in [0.3, 0.4) is 0 Å². The Morgan fingerprint density at radius 3 is 2.41 bits per heavy atom. The predicted octanol–water partition coefficient (Wildman–Crippen LogP) is 0.604. The second kappa shape index (κ2) is 10.0. The number of nitrogens with zero attached hydrogens (tertiary/aromatic N) is 3. The highest BCUT2D eigenvalue weighted by atomic mass is 16.5. The number of guanidine groups is 1. The van der Waals surface area contributed by atoms with E-state index < -0.39 is 0 Å². The van der Waals surface area contributed by atoms with Crippen molar-refractivity contribution in [1.82, 2.24) is 20.4 Å². The lowest BCUT2D eigenvalue weighted by Crippen LogP contribution is -2.46. The van der Waals surface area contributed by atoms with Gasteiger partial charge in [0.15, 0.2) is 5.96 Å². The van der Waals surface area contributed by atoms with Gasteiger partial charge in [0.25, 0.3) is 0 Å². The topological polar surface area (TPSA) is 52.1 Å². The molecular formula is C16H35N5O. The molecule has 130 valence electrons. The monoisotopic (exact) mass is 313 g/mol. The summed E-state index contributed by atoms with van der Waals surface area (Å²) in [5.74, 6) is 0.852. The highest BCUT2D eigenvalue weighted by Crippen LogP contribution is 2.04. The standard InChI is InChI=1S/C16H35N5O/c1-16(2,22-5)14-19-15(17-3)18-8-6-7-9-21-12-10-20(4)11-13-21/h6-14H2,1-5H3,(H2,17,18,19). The van der Waals surface area contributed by atoms with Crippen LogP contribution in [0.1, 0.15) is 26.7 Å². The van der Waals surface area contributed by atoms with Crippen LogP contribution in [-0.4, -0.2) is 88.4 Å². The van der Waals surface area contributed by atoms with E-state index in [4.69, 9.17) is 4.74 Å². The molecule has 0 aromatic heterocycles. The van der Waals surface area contributed by atoms with Crippen molar-refractivity contribution in [2.75, 3.05) is 67.0 Å². The van der Waals surface area contributed by atoms with Crippen LogP contribution >= 0.6 is 0 Å². The van der Waals surface area contributed by atoms with E-state index in [-0.39, 0.29) is 5.60 Å². The first-order chi connectivity index (χ1) is 10.5. The van der Waals surface area contributed by atoms with Crippen LogP contribution in [0.4, 0.5) is 0 Å². The SMILES string of the molecule is CN=C(NCCCCN1CCN(C)CC1)NCC(C)(C)OC. The third-order valence-corrected chi connectivity index (χ3v) is 4.25. The lowest BCUT2D eigenvalue weighted by Gasteiger charge is -2.32. The maximum absolute atomic E-state index is 5.40. The maximum Gasteiger partial charge on any atom is 0.191 e. The van der Waals surface area contributed by atoms with Crippen molar-refractivity contribution in [2.24, 2.45) is 4.99 Å². The number of aliphatic imine (C=N–C) groups is 1. The summed E-state index contributed by atoms with van der Waals surface area (Å²) in [5.41, 5.74) is -0.182. The van der Waals surface area contributed by atoms with Crippen LogP contribution in [0.25, 0.3) is 0 Å². The molecular weight excluding hydrogens is 278 g/mol. The van der Waals surface area contributed by atoms with E-state index in [1.807, 2.05) is 0 Å². The van der Waals surface area contributed by atoms with Gasteiger partial charge in [-0.3, -0.25) is 4.99 Å². The van der Waals surface area contributed by atoms with Crippen LogP contribution in [-0.2, 0) is 4.74 Å². The molecule has 6 heteroatoms. The van der Waals surface area contributed by atoms with Crippen LogP contribution in [0.15, 0.2) is 4.99 Å². The zero-order chi connectivity index (χ0) is 16.4. The molecule has 1 heterocycles. The third-order valence-electron chi connectivity index (χ3n) is 4.25. The summed E-state index contributed by atoms with van der Waals surface area (Å²) in [6.45, 7) is 11.8. The molecule has 22 heavy (non-hydrogen) atoms.